The number of pyridine rings is 1. The number of aromatic nitrogens is 3. The number of rotatable bonds is 4. The first-order valence-corrected chi connectivity index (χ1v) is 8.46. The van der Waals surface area contributed by atoms with Crippen molar-refractivity contribution in [2.45, 2.75) is 6.54 Å². The van der Waals surface area contributed by atoms with Gasteiger partial charge in [0.2, 0.25) is 0 Å². The summed E-state index contributed by atoms with van der Waals surface area (Å²) in [6.45, 7) is 0.634. The minimum absolute atomic E-state index is 0.247. The van der Waals surface area contributed by atoms with E-state index in [-0.39, 0.29) is 5.91 Å². The molecule has 3 heterocycles. The zero-order valence-corrected chi connectivity index (χ0v) is 14.5. The second kappa shape index (κ2) is 6.89. The van der Waals surface area contributed by atoms with Gasteiger partial charge < -0.3 is 5.32 Å². The van der Waals surface area contributed by atoms with Gasteiger partial charge in [-0.2, -0.15) is 5.10 Å². The zero-order valence-electron chi connectivity index (χ0n) is 13.7. The van der Waals surface area contributed by atoms with Gasteiger partial charge in [-0.15, -0.1) is 0 Å². The van der Waals surface area contributed by atoms with Crippen molar-refractivity contribution in [3.63, 3.8) is 0 Å². The summed E-state index contributed by atoms with van der Waals surface area (Å²) in [6, 6.07) is 13.9. The van der Waals surface area contributed by atoms with Crippen LogP contribution in [0.4, 0.5) is 0 Å². The number of benzene rings is 1. The fourth-order valence-electron chi connectivity index (χ4n) is 2.76. The largest absolute Gasteiger partial charge is 0.328 e. The van der Waals surface area contributed by atoms with Crippen LogP contribution < -0.4 is 10.6 Å². The van der Waals surface area contributed by atoms with Crippen LogP contribution in [-0.4, -0.2) is 25.8 Å². The molecule has 6 nitrogen and oxygen atoms in total. The van der Waals surface area contributed by atoms with Crippen LogP contribution in [0.5, 0.6) is 0 Å². The summed E-state index contributed by atoms with van der Waals surface area (Å²) in [4.78, 5) is 16.1. The van der Waals surface area contributed by atoms with E-state index in [1.165, 1.54) is 0 Å². The fourth-order valence-corrected chi connectivity index (χ4v) is 2.96. The minimum Gasteiger partial charge on any atom is -0.328 e. The maximum absolute atomic E-state index is 12.0. The van der Waals surface area contributed by atoms with Gasteiger partial charge in [-0.25, -0.2) is 0 Å². The van der Waals surface area contributed by atoms with E-state index in [0.717, 1.165) is 22.4 Å². The van der Waals surface area contributed by atoms with Crippen LogP contribution in [-0.2, 0) is 11.3 Å². The van der Waals surface area contributed by atoms with E-state index in [9.17, 15) is 4.79 Å². The van der Waals surface area contributed by atoms with Crippen molar-refractivity contribution >= 4 is 29.3 Å². The lowest BCUT2D eigenvalue weighted by molar-refractivity contribution is -0.115. The molecule has 128 valence electrons. The highest BCUT2D eigenvalue weighted by molar-refractivity contribution is 7.80. The van der Waals surface area contributed by atoms with Gasteiger partial charge in [0.15, 0.2) is 5.11 Å². The molecule has 2 N–H and O–H groups in total. The lowest BCUT2D eigenvalue weighted by Gasteiger charge is -2.01. The molecule has 0 atom stereocenters. The first kappa shape index (κ1) is 16.2. The molecule has 1 aliphatic heterocycles. The second-order valence-electron chi connectivity index (χ2n) is 5.82. The van der Waals surface area contributed by atoms with Crippen molar-refractivity contribution < 1.29 is 4.79 Å². The number of hydrogen-bond acceptors (Lipinski definition) is 4. The average Bonchev–Trinajstić information content (AvgIpc) is 3.19. The summed E-state index contributed by atoms with van der Waals surface area (Å²) in [5, 5.41) is 10.4. The van der Waals surface area contributed by atoms with Crippen LogP contribution in [0.15, 0.2) is 66.8 Å². The van der Waals surface area contributed by atoms with E-state index in [1.54, 1.807) is 18.5 Å². The Morgan fingerprint density at radius 3 is 2.65 bits per heavy atom. The Hall–Kier alpha value is -3.32. The summed E-state index contributed by atoms with van der Waals surface area (Å²) in [5.74, 6) is -0.247. The highest BCUT2D eigenvalue weighted by Gasteiger charge is 2.21. The van der Waals surface area contributed by atoms with Crippen molar-refractivity contribution in [3.05, 3.63) is 77.9 Å². The topological polar surface area (TPSA) is 71.8 Å². The van der Waals surface area contributed by atoms with Gasteiger partial charge >= 0.3 is 0 Å². The Morgan fingerprint density at radius 2 is 1.96 bits per heavy atom. The van der Waals surface area contributed by atoms with Crippen LogP contribution in [0, 0.1) is 0 Å². The number of amides is 1. The summed E-state index contributed by atoms with van der Waals surface area (Å²) >= 11 is 4.99. The first-order valence-electron chi connectivity index (χ1n) is 8.05. The smallest absolute Gasteiger partial charge is 0.273 e. The summed E-state index contributed by atoms with van der Waals surface area (Å²) in [5.41, 5.74) is 4.00. The molecule has 0 spiro atoms. The normalized spacial score (nSPS) is 15.2. The van der Waals surface area contributed by atoms with Crippen LogP contribution >= 0.6 is 12.2 Å². The molecular formula is C19H15N5OS. The number of nitrogens with zero attached hydrogens (tertiary/aromatic N) is 3. The van der Waals surface area contributed by atoms with E-state index < -0.39 is 0 Å². The maximum atomic E-state index is 12.0. The van der Waals surface area contributed by atoms with Gasteiger partial charge in [0.1, 0.15) is 11.4 Å². The van der Waals surface area contributed by atoms with Crippen LogP contribution in [0.2, 0.25) is 0 Å². The van der Waals surface area contributed by atoms with Gasteiger partial charge in [0.25, 0.3) is 5.91 Å². The molecule has 0 saturated carbocycles. The predicted molar refractivity (Wildman–Crippen MR) is 103 cm³/mol. The van der Waals surface area contributed by atoms with Crippen LogP contribution in [0.3, 0.4) is 0 Å². The van der Waals surface area contributed by atoms with Gasteiger partial charge in [-0.05, 0) is 36.0 Å². The molecule has 0 unspecified atom stereocenters. The fraction of sp³-hybridized carbons (Fsp3) is 0.0526. The third-order valence-corrected chi connectivity index (χ3v) is 4.14. The molecule has 7 heteroatoms. The molecule has 0 bridgehead atoms. The van der Waals surface area contributed by atoms with E-state index in [2.05, 4.69) is 15.6 Å². The van der Waals surface area contributed by atoms with Crippen molar-refractivity contribution in [2.24, 2.45) is 0 Å². The van der Waals surface area contributed by atoms with E-state index in [0.29, 0.717) is 17.4 Å². The van der Waals surface area contributed by atoms with Gasteiger partial charge in [-0.3, -0.25) is 19.8 Å². The molecule has 1 aliphatic rings. The number of hydrogen-bond donors (Lipinski definition) is 2. The standard InChI is InChI=1S/C19H15N5OS/c25-18-16(21-19(26)22-18)9-15-12-24(11-13-5-2-1-3-6-13)23-17(15)14-7-4-8-20-10-14/h1-10,12H,11H2,(H2,21,22,25,26)/b16-9-. The van der Waals surface area contributed by atoms with Crippen LogP contribution in [0.25, 0.3) is 17.3 Å². The van der Waals surface area contributed by atoms with Crippen molar-refractivity contribution in [1.82, 2.24) is 25.4 Å². The third kappa shape index (κ3) is 3.38. The summed E-state index contributed by atoms with van der Waals surface area (Å²) < 4.78 is 1.86. The molecule has 0 aliphatic carbocycles. The Balaban J connectivity index is 1.75. The molecule has 1 saturated heterocycles. The molecule has 0 radical (unpaired) electrons. The molecule has 3 aromatic rings. The molecule has 26 heavy (non-hydrogen) atoms. The quantitative estimate of drug-likeness (QED) is 0.551. The Bertz CT molecular complexity index is 995. The third-order valence-electron chi connectivity index (χ3n) is 3.93. The van der Waals surface area contributed by atoms with E-state index in [1.807, 2.05) is 53.3 Å². The van der Waals surface area contributed by atoms with E-state index in [4.69, 9.17) is 17.3 Å². The van der Waals surface area contributed by atoms with Crippen molar-refractivity contribution in [3.8, 4) is 11.3 Å². The maximum Gasteiger partial charge on any atom is 0.273 e. The molecule has 2 aromatic heterocycles. The monoisotopic (exact) mass is 361 g/mol. The number of nitrogens with one attached hydrogen (secondary N) is 2. The van der Waals surface area contributed by atoms with Crippen LogP contribution in [0.1, 0.15) is 11.1 Å². The van der Waals surface area contributed by atoms with Crippen molar-refractivity contribution in [1.29, 1.82) is 0 Å². The van der Waals surface area contributed by atoms with Crippen molar-refractivity contribution in [2.75, 3.05) is 0 Å². The number of carbonyl (C=O) groups is 1. The summed E-state index contributed by atoms with van der Waals surface area (Å²) in [7, 11) is 0. The molecule has 1 aromatic carbocycles. The first-order chi connectivity index (χ1) is 12.7. The molecular weight excluding hydrogens is 346 g/mol. The molecule has 4 rings (SSSR count). The highest BCUT2D eigenvalue weighted by atomic mass is 32.1. The van der Waals surface area contributed by atoms with E-state index >= 15 is 0 Å². The minimum atomic E-state index is -0.247. The molecule has 1 fully saturated rings. The highest BCUT2D eigenvalue weighted by Crippen LogP contribution is 2.24. The second-order valence-corrected chi connectivity index (χ2v) is 6.23. The molecule has 1 amide bonds. The lowest BCUT2D eigenvalue weighted by atomic mass is 10.1. The lowest BCUT2D eigenvalue weighted by Crippen LogP contribution is -2.21. The Kier molecular flexibility index (Phi) is 4.28. The van der Waals surface area contributed by atoms with Gasteiger partial charge in [0.05, 0.1) is 6.54 Å². The number of thiocarbonyl (C=S) groups is 1. The number of carbonyl (C=O) groups excluding carboxylic acids is 1. The predicted octanol–water partition coefficient (Wildman–Crippen LogP) is 2.34. The summed E-state index contributed by atoms with van der Waals surface area (Å²) in [6.07, 6.45) is 7.14. The zero-order chi connectivity index (χ0) is 17.9. The SMILES string of the molecule is O=C1NC(=S)N/C1=C\c1cn(Cc2ccccc2)nc1-c1cccnc1. The van der Waals surface area contributed by atoms with Gasteiger partial charge in [0, 0.05) is 29.7 Å². The Labute approximate surface area is 155 Å². The average molecular weight is 361 g/mol. The van der Waals surface area contributed by atoms with Gasteiger partial charge in [-0.1, -0.05) is 30.3 Å². The Morgan fingerprint density at radius 1 is 1.12 bits per heavy atom.